The van der Waals surface area contributed by atoms with Crippen LogP contribution < -0.4 is 10.1 Å². The van der Waals surface area contributed by atoms with Gasteiger partial charge in [0.25, 0.3) is 5.91 Å². The summed E-state index contributed by atoms with van der Waals surface area (Å²) in [7, 11) is 0. The Kier molecular flexibility index (Phi) is 8.29. The molecule has 3 aromatic rings. The molecule has 0 radical (unpaired) electrons. The van der Waals surface area contributed by atoms with Crippen LogP contribution in [-0.2, 0) is 11.3 Å². The first kappa shape index (κ1) is 25.7. The summed E-state index contributed by atoms with van der Waals surface area (Å²) in [5, 5.41) is 19.6. The van der Waals surface area contributed by atoms with Gasteiger partial charge in [0.2, 0.25) is 5.82 Å². The van der Waals surface area contributed by atoms with Crippen LogP contribution in [0.25, 0.3) is 11.1 Å². The summed E-state index contributed by atoms with van der Waals surface area (Å²) in [6.45, 7) is 9.76. The Morgan fingerprint density at radius 1 is 1.25 bits per heavy atom. The van der Waals surface area contributed by atoms with Crippen molar-refractivity contribution < 1.29 is 19.4 Å². The predicted octanol–water partition coefficient (Wildman–Crippen LogP) is 3.19. The van der Waals surface area contributed by atoms with Crippen LogP contribution in [0.2, 0.25) is 0 Å². The second-order valence-electron chi connectivity index (χ2n) is 9.62. The van der Waals surface area contributed by atoms with Crippen LogP contribution in [0.4, 0.5) is 5.82 Å². The number of aromatic nitrogens is 4. The molecule has 0 aliphatic carbocycles. The Labute approximate surface area is 211 Å². The number of nitrogens with zero attached hydrogens (tertiary/aromatic N) is 4. The molecule has 1 fully saturated rings. The summed E-state index contributed by atoms with van der Waals surface area (Å²) >= 11 is 0. The summed E-state index contributed by atoms with van der Waals surface area (Å²) in [4.78, 5) is 23.6. The predicted molar refractivity (Wildman–Crippen MR) is 136 cm³/mol. The van der Waals surface area contributed by atoms with Crippen molar-refractivity contribution in [2.45, 2.75) is 45.8 Å². The molecule has 4 rings (SSSR count). The van der Waals surface area contributed by atoms with E-state index in [0.717, 1.165) is 42.0 Å². The van der Waals surface area contributed by atoms with Crippen molar-refractivity contribution in [2.75, 3.05) is 38.2 Å². The normalized spacial score (nSPS) is 14.6. The number of benzene rings is 1. The van der Waals surface area contributed by atoms with Gasteiger partial charge in [0.05, 0.1) is 32.0 Å². The van der Waals surface area contributed by atoms with Gasteiger partial charge in [0, 0.05) is 19.3 Å². The number of nitrogens with one attached hydrogen (secondary N) is 2. The molecular weight excluding hydrogens is 460 g/mol. The number of aromatic amines is 1. The maximum atomic E-state index is 12.7. The smallest absolute Gasteiger partial charge is 0.296 e. The molecule has 3 N–H and O–H groups in total. The lowest BCUT2D eigenvalue weighted by molar-refractivity contribution is 0.0331. The number of amides is 1. The average Bonchev–Trinajstić information content (AvgIpc) is 3.32. The quantitative estimate of drug-likeness (QED) is 0.367. The van der Waals surface area contributed by atoms with E-state index in [1.54, 1.807) is 20.0 Å². The molecule has 2 aromatic heterocycles. The van der Waals surface area contributed by atoms with E-state index >= 15 is 0 Å². The average molecular weight is 495 g/mol. The molecule has 3 heterocycles. The molecule has 1 amide bonds. The molecule has 0 bridgehead atoms. The maximum Gasteiger partial charge on any atom is 0.296 e. The monoisotopic (exact) mass is 494 g/mol. The van der Waals surface area contributed by atoms with Gasteiger partial charge in [-0.05, 0) is 74.6 Å². The first-order chi connectivity index (χ1) is 17.3. The van der Waals surface area contributed by atoms with E-state index in [1.165, 1.54) is 0 Å². The van der Waals surface area contributed by atoms with Crippen molar-refractivity contribution in [3.05, 3.63) is 53.7 Å². The van der Waals surface area contributed by atoms with Crippen LogP contribution in [0.5, 0.6) is 5.75 Å². The number of hydrogen-bond donors (Lipinski definition) is 3. The van der Waals surface area contributed by atoms with Crippen molar-refractivity contribution in [3.8, 4) is 16.9 Å². The molecule has 10 nitrogen and oxygen atoms in total. The molecule has 36 heavy (non-hydrogen) atoms. The molecule has 0 spiro atoms. The summed E-state index contributed by atoms with van der Waals surface area (Å²) in [5.74, 6) is 1.45. The molecule has 0 unspecified atom stereocenters. The third-order valence-electron chi connectivity index (χ3n) is 5.94. The molecule has 1 aromatic carbocycles. The number of anilines is 1. The largest absolute Gasteiger partial charge is 0.494 e. The molecule has 10 heteroatoms. The minimum Gasteiger partial charge on any atom is -0.494 e. The number of ether oxygens (including phenoxy) is 2. The van der Waals surface area contributed by atoms with Gasteiger partial charge in [-0.25, -0.2) is 9.97 Å². The Morgan fingerprint density at radius 3 is 2.83 bits per heavy atom. The van der Waals surface area contributed by atoms with Crippen LogP contribution in [0.3, 0.4) is 0 Å². The van der Waals surface area contributed by atoms with Gasteiger partial charge in [-0.15, -0.1) is 5.10 Å². The van der Waals surface area contributed by atoms with Crippen LogP contribution in [0.15, 0.2) is 36.5 Å². The minimum atomic E-state index is -0.699. The third kappa shape index (κ3) is 7.33. The zero-order valence-corrected chi connectivity index (χ0v) is 21.1. The lowest BCUT2D eigenvalue weighted by atomic mass is 10.0. The van der Waals surface area contributed by atoms with Gasteiger partial charge >= 0.3 is 0 Å². The zero-order chi connectivity index (χ0) is 25.5. The summed E-state index contributed by atoms with van der Waals surface area (Å²) < 4.78 is 11.3. The Bertz CT molecular complexity index is 1170. The zero-order valence-electron chi connectivity index (χ0n) is 21.1. The van der Waals surface area contributed by atoms with Crippen LogP contribution >= 0.6 is 0 Å². The number of morpholine rings is 1. The van der Waals surface area contributed by atoms with Crippen LogP contribution in [-0.4, -0.2) is 74.6 Å². The summed E-state index contributed by atoms with van der Waals surface area (Å²) in [6.07, 6.45) is 3.08. The van der Waals surface area contributed by atoms with Crippen LogP contribution in [0, 0.1) is 6.92 Å². The number of aryl methyl sites for hydroxylation is 1. The minimum absolute atomic E-state index is 0.0723. The highest BCUT2D eigenvalue weighted by Crippen LogP contribution is 2.29. The van der Waals surface area contributed by atoms with E-state index in [9.17, 15) is 9.90 Å². The van der Waals surface area contributed by atoms with E-state index in [4.69, 9.17) is 9.47 Å². The summed E-state index contributed by atoms with van der Waals surface area (Å²) in [6, 6.07) is 9.63. The van der Waals surface area contributed by atoms with Crippen molar-refractivity contribution in [1.29, 1.82) is 0 Å². The fourth-order valence-electron chi connectivity index (χ4n) is 3.97. The molecular formula is C26H34N6O4. The van der Waals surface area contributed by atoms with Crippen molar-refractivity contribution in [1.82, 2.24) is 25.1 Å². The molecule has 192 valence electrons. The van der Waals surface area contributed by atoms with E-state index in [1.807, 2.05) is 37.3 Å². The van der Waals surface area contributed by atoms with Gasteiger partial charge in [-0.3, -0.25) is 14.8 Å². The first-order valence-electron chi connectivity index (χ1n) is 12.2. The molecule has 1 aliphatic rings. The van der Waals surface area contributed by atoms with Crippen molar-refractivity contribution >= 4 is 11.7 Å². The van der Waals surface area contributed by atoms with Crippen molar-refractivity contribution in [2.24, 2.45) is 0 Å². The Morgan fingerprint density at radius 2 is 2.06 bits per heavy atom. The number of hydrogen-bond acceptors (Lipinski definition) is 8. The van der Waals surface area contributed by atoms with Gasteiger partial charge in [0.1, 0.15) is 17.4 Å². The van der Waals surface area contributed by atoms with Gasteiger partial charge in [-0.1, -0.05) is 6.07 Å². The molecule has 0 saturated carbocycles. The SMILES string of the molecule is Cc1ccc(OCCCC(C)(C)O)cc1-c1ccnc(NC(=O)c2n[nH]c(CN3CCOCC3)n2)c1. The van der Waals surface area contributed by atoms with Gasteiger partial charge in [-0.2, -0.15) is 0 Å². The second kappa shape index (κ2) is 11.6. The van der Waals surface area contributed by atoms with E-state index < -0.39 is 11.5 Å². The molecule has 1 saturated heterocycles. The van der Waals surface area contributed by atoms with Crippen molar-refractivity contribution in [3.63, 3.8) is 0 Å². The standard InChI is InChI=1S/C26H34N6O4/c1-18-5-6-20(36-12-4-8-26(2,3)34)16-21(18)19-7-9-27-22(15-19)29-25(33)24-28-23(30-31-24)17-32-10-13-35-14-11-32/h5-7,9,15-16,34H,4,8,10-14,17H2,1-3H3,(H,27,29,33)(H,28,30,31). The highest BCUT2D eigenvalue weighted by Gasteiger charge is 2.17. The third-order valence-corrected chi connectivity index (χ3v) is 5.94. The fraction of sp³-hybridized carbons (Fsp3) is 0.462. The number of pyridine rings is 1. The Balaban J connectivity index is 1.39. The number of carbonyl (C=O) groups excluding carboxylic acids is 1. The van der Waals surface area contributed by atoms with E-state index in [2.05, 4.69) is 30.4 Å². The van der Waals surface area contributed by atoms with Crippen LogP contribution in [0.1, 0.15) is 48.7 Å². The maximum absolute atomic E-state index is 12.7. The second-order valence-corrected chi connectivity index (χ2v) is 9.62. The highest BCUT2D eigenvalue weighted by atomic mass is 16.5. The van der Waals surface area contributed by atoms with Gasteiger partial charge < -0.3 is 19.9 Å². The topological polar surface area (TPSA) is 125 Å². The lowest BCUT2D eigenvalue weighted by Gasteiger charge is -2.25. The van der Waals surface area contributed by atoms with E-state index in [-0.39, 0.29) is 5.82 Å². The van der Waals surface area contributed by atoms with E-state index in [0.29, 0.717) is 44.4 Å². The number of carbonyl (C=O) groups is 1. The molecule has 1 aliphatic heterocycles. The van der Waals surface area contributed by atoms with Gasteiger partial charge in [0.15, 0.2) is 0 Å². The number of H-pyrrole nitrogens is 1. The molecule has 0 atom stereocenters. The number of aliphatic hydroxyl groups is 1. The Hall–Kier alpha value is -3.34. The summed E-state index contributed by atoms with van der Waals surface area (Å²) in [5.41, 5.74) is 2.26. The number of rotatable bonds is 10. The highest BCUT2D eigenvalue weighted by molar-refractivity contribution is 6.01. The lowest BCUT2D eigenvalue weighted by Crippen LogP contribution is -2.35. The first-order valence-corrected chi connectivity index (χ1v) is 12.2. The fourth-order valence-corrected chi connectivity index (χ4v) is 3.97.